The van der Waals surface area contributed by atoms with Gasteiger partial charge in [-0.1, -0.05) is 6.07 Å². The molecule has 0 radical (unpaired) electrons. The highest BCUT2D eigenvalue weighted by Crippen LogP contribution is 2.22. The third-order valence-electron chi connectivity index (χ3n) is 3.79. The summed E-state index contributed by atoms with van der Waals surface area (Å²) in [4.78, 5) is 28.7. The van der Waals surface area contributed by atoms with Gasteiger partial charge in [0.2, 0.25) is 5.91 Å². The fourth-order valence-electron chi connectivity index (χ4n) is 2.57. The van der Waals surface area contributed by atoms with Crippen LogP contribution in [0.2, 0.25) is 0 Å². The van der Waals surface area contributed by atoms with E-state index in [0.29, 0.717) is 12.3 Å². The molecule has 0 bridgehead atoms. The van der Waals surface area contributed by atoms with Gasteiger partial charge in [-0.3, -0.25) is 14.6 Å². The first-order valence-electron chi connectivity index (χ1n) is 7.04. The van der Waals surface area contributed by atoms with Crippen LogP contribution in [0.5, 0.6) is 0 Å². The maximum Gasteiger partial charge on any atom is 0.303 e. The number of carbonyl (C=O) groups excluding carboxylic acids is 1. The average molecular weight is 276 g/mol. The second-order valence-electron chi connectivity index (χ2n) is 5.25. The van der Waals surface area contributed by atoms with E-state index in [4.69, 9.17) is 5.11 Å². The molecule has 0 aliphatic carbocycles. The molecule has 2 heterocycles. The second-order valence-corrected chi connectivity index (χ2v) is 5.25. The van der Waals surface area contributed by atoms with Crippen LogP contribution in [0.25, 0.3) is 0 Å². The number of hydrogen-bond acceptors (Lipinski definition) is 3. The largest absolute Gasteiger partial charge is 0.481 e. The number of carboxylic acids is 1. The fourth-order valence-corrected chi connectivity index (χ4v) is 2.57. The number of carboxylic acid groups (broad SMARTS) is 1. The maximum absolute atomic E-state index is 12.1. The molecule has 1 amide bonds. The van der Waals surface area contributed by atoms with Crippen LogP contribution in [0, 0.1) is 5.92 Å². The van der Waals surface area contributed by atoms with Crippen LogP contribution in [-0.2, 0) is 16.0 Å². The maximum atomic E-state index is 12.1. The van der Waals surface area contributed by atoms with Crippen molar-refractivity contribution in [3.63, 3.8) is 0 Å². The van der Waals surface area contributed by atoms with Gasteiger partial charge < -0.3 is 10.0 Å². The van der Waals surface area contributed by atoms with Gasteiger partial charge in [-0.2, -0.15) is 0 Å². The number of pyridine rings is 1. The van der Waals surface area contributed by atoms with Crippen molar-refractivity contribution in [1.29, 1.82) is 0 Å². The summed E-state index contributed by atoms with van der Waals surface area (Å²) in [7, 11) is 0. The third-order valence-corrected chi connectivity index (χ3v) is 3.79. The van der Waals surface area contributed by atoms with Crippen molar-refractivity contribution in [3.8, 4) is 0 Å². The van der Waals surface area contributed by atoms with Crippen LogP contribution < -0.4 is 0 Å². The van der Waals surface area contributed by atoms with E-state index in [1.54, 1.807) is 6.20 Å². The lowest BCUT2D eigenvalue weighted by molar-refractivity contribution is -0.138. The molecule has 0 aromatic carbocycles. The molecule has 1 aliphatic heterocycles. The van der Waals surface area contributed by atoms with Gasteiger partial charge in [-0.25, -0.2) is 0 Å². The van der Waals surface area contributed by atoms with Crippen LogP contribution in [0.3, 0.4) is 0 Å². The van der Waals surface area contributed by atoms with Gasteiger partial charge in [-0.05, 0) is 37.3 Å². The summed E-state index contributed by atoms with van der Waals surface area (Å²) in [6.45, 7) is 1.46. The first kappa shape index (κ1) is 14.5. The Bertz CT molecular complexity index is 453. The van der Waals surface area contributed by atoms with Crippen molar-refractivity contribution in [2.75, 3.05) is 13.1 Å². The Hall–Kier alpha value is -1.91. The molecule has 108 valence electrons. The van der Waals surface area contributed by atoms with E-state index in [0.717, 1.165) is 38.0 Å². The summed E-state index contributed by atoms with van der Waals surface area (Å²) in [5, 5.41) is 8.68. The lowest BCUT2D eigenvalue weighted by Gasteiger charge is -2.31. The number of aromatic nitrogens is 1. The molecular weight excluding hydrogens is 256 g/mol. The molecule has 1 aromatic heterocycles. The zero-order valence-corrected chi connectivity index (χ0v) is 11.5. The minimum Gasteiger partial charge on any atom is -0.481 e. The van der Waals surface area contributed by atoms with Crippen molar-refractivity contribution in [2.24, 2.45) is 5.92 Å². The Morgan fingerprint density at radius 2 is 2.05 bits per heavy atom. The predicted molar refractivity (Wildman–Crippen MR) is 74.1 cm³/mol. The number of likely N-dealkylation sites (tertiary alicyclic amines) is 1. The van der Waals surface area contributed by atoms with Gasteiger partial charge in [0.1, 0.15) is 0 Å². The Morgan fingerprint density at radius 1 is 1.30 bits per heavy atom. The summed E-state index contributed by atoms with van der Waals surface area (Å²) in [5.41, 5.74) is 0.797. The van der Waals surface area contributed by atoms with Crippen molar-refractivity contribution < 1.29 is 14.7 Å². The second kappa shape index (κ2) is 7.03. The number of amides is 1. The zero-order valence-electron chi connectivity index (χ0n) is 11.5. The first-order valence-corrected chi connectivity index (χ1v) is 7.04. The van der Waals surface area contributed by atoms with Crippen molar-refractivity contribution in [2.45, 2.75) is 32.1 Å². The van der Waals surface area contributed by atoms with Gasteiger partial charge in [-0.15, -0.1) is 0 Å². The number of carbonyl (C=O) groups is 2. The number of piperidine rings is 1. The predicted octanol–water partition coefficient (Wildman–Crippen LogP) is 1.73. The Balaban J connectivity index is 1.76. The molecular formula is C15H20N2O3. The van der Waals surface area contributed by atoms with E-state index >= 15 is 0 Å². The van der Waals surface area contributed by atoms with E-state index in [2.05, 4.69) is 4.98 Å². The molecule has 1 N–H and O–H groups in total. The van der Waals surface area contributed by atoms with Gasteiger partial charge in [0.05, 0.1) is 6.42 Å². The molecule has 1 saturated heterocycles. The van der Waals surface area contributed by atoms with Gasteiger partial charge in [0, 0.05) is 31.4 Å². The Morgan fingerprint density at radius 3 is 2.65 bits per heavy atom. The van der Waals surface area contributed by atoms with Crippen molar-refractivity contribution in [3.05, 3.63) is 30.1 Å². The van der Waals surface area contributed by atoms with E-state index in [1.807, 2.05) is 23.1 Å². The van der Waals surface area contributed by atoms with Crippen LogP contribution >= 0.6 is 0 Å². The van der Waals surface area contributed by atoms with Crippen LogP contribution in [-0.4, -0.2) is 40.0 Å². The van der Waals surface area contributed by atoms with E-state index in [-0.39, 0.29) is 12.3 Å². The van der Waals surface area contributed by atoms with E-state index in [9.17, 15) is 9.59 Å². The third kappa shape index (κ3) is 4.33. The quantitative estimate of drug-likeness (QED) is 0.889. The van der Waals surface area contributed by atoms with Gasteiger partial charge >= 0.3 is 5.97 Å². The standard InChI is InChI=1S/C15H20N2O3/c18-14(11-13-3-1-2-8-16-13)17-9-6-12(7-10-17)4-5-15(19)20/h1-3,8,12H,4-7,9-11H2,(H,19,20). The molecule has 5 nitrogen and oxygen atoms in total. The average Bonchev–Trinajstić information content (AvgIpc) is 2.46. The topological polar surface area (TPSA) is 70.5 Å². The number of rotatable bonds is 5. The Labute approximate surface area is 118 Å². The summed E-state index contributed by atoms with van der Waals surface area (Å²) < 4.78 is 0. The van der Waals surface area contributed by atoms with Gasteiger partial charge in [0.15, 0.2) is 0 Å². The molecule has 0 spiro atoms. The molecule has 1 fully saturated rings. The summed E-state index contributed by atoms with van der Waals surface area (Å²) >= 11 is 0. The highest BCUT2D eigenvalue weighted by molar-refractivity contribution is 5.78. The van der Waals surface area contributed by atoms with Crippen molar-refractivity contribution in [1.82, 2.24) is 9.88 Å². The zero-order chi connectivity index (χ0) is 14.4. The van der Waals surface area contributed by atoms with E-state index in [1.165, 1.54) is 0 Å². The lowest BCUT2D eigenvalue weighted by Crippen LogP contribution is -2.39. The van der Waals surface area contributed by atoms with E-state index < -0.39 is 5.97 Å². The monoisotopic (exact) mass is 276 g/mol. The van der Waals surface area contributed by atoms with Crippen LogP contribution in [0.15, 0.2) is 24.4 Å². The highest BCUT2D eigenvalue weighted by atomic mass is 16.4. The summed E-state index contributed by atoms with van der Waals surface area (Å²) in [5.74, 6) is -0.191. The normalized spacial score (nSPS) is 16.1. The molecule has 1 aliphatic rings. The van der Waals surface area contributed by atoms with Crippen LogP contribution in [0.1, 0.15) is 31.4 Å². The molecule has 0 unspecified atom stereocenters. The van der Waals surface area contributed by atoms with Gasteiger partial charge in [0.25, 0.3) is 0 Å². The summed E-state index contributed by atoms with van der Waals surface area (Å²) in [6.07, 6.45) is 4.80. The van der Waals surface area contributed by atoms with Crippen LogP contribution in [0.4, 0.5) is 0 Å². The SMILES string of the molecule is O=C(O)CCC1CCN(C(=O)Cc2ccccn2)CC1. The first-order chi connectivity index (χ1) is 9.65. The molecule has 20 heavy (non-hydrogen) atoms. The smallest absolute Gasteiger partial charge is 0.303 e. The molecule has 0 saturated carbocycles. The minimum absolute atomic E-state index is 0.111. The number of nitrogens with zero attached hydrogens (tertiary/aromatic N) is 2. The summed E-state index contributed by atoms with van der Waals surface area (Å²) in [6, 6.07) is 5.58. The van der Waals surface area contributed by atoms with Crippen molar-refractivity contribution >= 4 is 11.9 Å². The molecule has 5 heteroatoms. The fraction of sp³-hybridized carbons (Fsp3) is 0.533. The lowest BCUT2D eigenvalue weighted by atomic mass is 9.92. The molecule has 0 atom stereocenters. The minimum atomic E-state index is -0.737. The number of aliphatic carboxylic acids is 1. The highest BCUT2D eigenvalue weighted by Gasteiger charge is 2.23. The molecule has 2 rings (SSSR count). The molecule has 1 aromatic rings. The number of hydrogen-bond donors (Lipinski definition) is 1. The Kier molecular flexibility index (Phi) is 5.09.